The van der Waals surface area contributed by atoms with Gasteiger partial charge in [0.25, 0.3) is 5.70 Å². The third kappa shape index (κ3) is 3.48. The Morgan fingerprint density at radius 3 is 2.65 bits per heavy atom. The largest absolute Gasteiger partial charge is 0.471 e. The lowest BCUT2D eigenvalue weighted by molar-refractivity contribution is -0.138. The number of nitriles is 1. The number of hydrogen-bond donors (Lipinski definition) is 0. The molecule has 1 rings (SSSR count). The van der Waals surface area contributed by atoms with E-state index in [-0.39, 0.29) is 12.3 Å². The predicted molar refractivity (Wildman–Crippen MR) is 62.4 cm³/mol. The van der Waals surface area contributed by atoms with Gasteiger partial charge in [0, 0.05) is 0 Å². The highest BCUT2D eigenvalue weighted by molar-refractivity contribution is 5.95. The van der Waals surface area contributed by atoms with Crippen molar-refractivity contribution in [1.82, 2.24) is 0 Å². The Bertz CT molecular complexity index is 516. The Kier molecular flexibility index (Phi) is 4.47. The zero-order valence-electron chi connectivity index (χ0n) is 9.30. The summed E-state index contributed by atoms with van der Waals surface area (Å²) in [7, 11) is 0. The number of esters is 1. The van der Waals surface area contributed by atoms with Crippen molar-refractivity contribution >= 4 is 12.0 Å². The Hall–Kier alpha value is -2.59. The average molecular weight is 226 g/mol. The molecule has 0 amide bonds. The summed E-state index contributed by atoms with van der Waals surface area (Å²) in [6, 6.07) is 8.58. The highest BCUT2D eigenvalue weighted by Gasteiger charge is 2.10. The summed E-state index contributed by atoms with van der Waals surface area (Å²) in [6.45, 7) is 8.82. The van der Waals surface area contributed by atoms with Gasteiger partial charge in [-0.3, -0.25) is 4.79 Å². The molecule has 0 radical (unpaired) electrons. The van der Waals surface area contributed by atoms with E-state index < -0.39 is 5.97 Å². The lowest BCUT2D eigenvalue weighted by Crippen LogP contribution is -2.04. The Balaban J connectivity index is 2.96. The molecule has 0 aliphatic carbocycles. The maximum Gasteiger partial charge on any atom is 0.336 e. The van der Waals surface area contributed by atoms with Crippen LogP contribution in [-0.4, -0.2) is 12.6 Å². The van der Waals surface area contributed by atoms with E-state index in [0.717, 1.165) is 0 Å². The van der Waals surface area contributed by atoms with Crippen molar-refractivity contribution in [2.24, 2.45) is 0 Å². The fourth-order valence-electron chi connectivity index (χ4n) is 1.15. The van der Waals surface area contributed by atoms with Crippen LogP contribution in [0.5, 0.6) is 0 Å². The van der Waals surface area contributed by atoms with Gasteiger partial charge < -0.3 is 4.74 Å². The zero-order chi connectivity index (χ0) is 12.7. The van der Waals surface area contributed by atoms with Crippen LogP contribution < -0.4 is 0 Å². The van der Waals surface area contributed by atoms with Crippen molar-refractivity contribution < 1.29 is 9.53 Å². The van der Waals surface area contributed by atoms with Gasteiger partial charge in [0.1, 0.15) is 0 Å². The van der Waals surface area contributed by atoms with Gasteiger partial charge in [-0.05, 0) is 30.7 Å². The fraction of sp³-hybridized carbons (Fsp3) is 0.154. The Morgan fingerprint density at radius 2 is 2.18 bits per heavy atom. The molecule has 0 aliphatic rings. The lowest BCUT2D eigenvalue weighted by atomic mass is 10.1. The van der Waals surface area contributed by atoms with Crippen LogP contribution in [0.4, 0.5) is 0 Å². The highest BCUT2D eigenvalue weighted by Crippen LogP contribution is 2.10. The third-order valence-electron chi connectivity index (χ3n) is 1.95. The smallest absolute Gasteiger partial charge is 0.336 e. The average Bonchev–Trinajstić information content (AvgIpc) is 2.37. The molecule has 0 saturated heterocycles. The molecule has 1 aromatic carbocycles. The minimum Gasteiger partial charge on any atom is -0.471 e. The number of ether oxygens (including phenoxy) is 1. The van der Waals surface area contributed by atoms with Gasteiger partial charge in [-0.1, -0.05) is 12.1 Å². The number of carbonyl (C=O) groups is 1. The summed E-state index contributed by atoms with van der Waals surface area (Å²) in [5.74, 6) is -0.633. The minimum atomic E-state index is -0.633. The monoisotopic (exact) mass is 226 g/mol. The molecule has 0 atom stereocenters. The SMILES string of the molecule is [C-]#[N+]/C(=C/c1ccc(C#N)cc1)C(=O)OCC. The van der Waals surface area contributed by atoms with E-state index in [4.69, 9.17) is 16.6 Å². The number of hydrogen-bond acceptors (Lipinski definition) is 3. The Morgan fingerprint density at radius 1 is 1.53 bits per heavy atom. The first-order chi connectivity index (χ1) is 8.21. The van der Waals surface area contributed by atoms with Crippen LogP contribution in [0.3, 0.4) is 0 Å². The summed E-state index contributed by atoms with van der Waals surface area (Å²) in [5, 5.41) is 8.63. The number of rotatable bonds is 3. The van der Waals surface area contributed by atoms with Gasteiger partial charge >= 0.3 is 5.97 Å². The second kappa shape index (κ2) is 6.09. The topological polar surface area (TPSA) is 54.5 Å². The number of carbonyl (C=O) groups excluding carboxylic acids is 1. The van der Waals surface area contributed by atoms with Crippen LogP contribution >= 0.6 is 0 Å². The molecule has 0 unspecified atom stereocenters. The van der Waals surface area contributed by atoms with Crippen molar-refractivity contribution in [2.45, 2.75) is 6.92 Å². The van der Waals surface area contributed by atoms with Crippen LogP contribution in [-0.2, 0) is 9.53 Å². The van der Waals surface area contributed by atoms with Gasteiger partial charge in [0.05, 0.1) is 24.8 Å². The van der Waals surface area contributed by atoms with Crippen molar-refractivity contribution in [1.29, 1.82) is 5.26 Å². The van der Waals surface area contributed by atoms with Crippen molar-refractivity contribution in [3.05, 3.63) is 52.5 Å². The van der Waals surface area contributed by atoms with E-state index in [0.29, 0.717) is 11.1 Å². The molecule has 1 aromatic rings. The van der Waals surface area contributed by atoms with Crippen LogP contribution in [0.1, 0.15) is 18.1 Å². The van der Waals surface area contributed by atoms with E-state index in [9.17, 15) is 4.79 Å². The quantitative estimate of drug-likeness (QED) is 0.451. The van der Waals surface area contributed by atoms with Crippen LogP contribution in [0.2, 0.25) is 0 Å². The molecule has 0 aromatic heterocycles. The summed E-state index contributed by atoms with van der Waals surface area (Å²) in [4.78, 5) is 14.5. The van der Waals surface area contributed by atoms with E-state index in [1.165, 1.54) is 6.08 Å². The standard InChI is InChI=1S/C13H10N2O2/c1-3-17-13(16)12(15-2)8-10-4-6-11(9-14)7-5-10/h4-8H,3H2,1H3/b12-8+. The summed E-state index contributed by atoms with van der Waals surface area (Å²) in [5.41, 5.74) is 1.14. The molecule has 0 fully saturated rings. The molecule has 0 spiro atoms. The van der Waals surface area contributed by atoms with Crippen LogP contribution in [0.25, 0.3) is 10.9 Å². The maximum atomic E-state index is 11.3. The first-order valence-electron chi connectivity index (χ1n) is 4.97. The van der Waals surface area contributed by atoms with Gasteiger partial charge in [-0.25, -0.2) is 4.85 Å². The van der Waals surface area contributed by atoms with E-state index in [2.05, 4.69) is 4.85 Å². The summed E-state index contributed by atoms with van der Waals surface area (Å²) in [6.07, 6.45) is 1.44. The van der Waals surface area contributed by atoms with Crippen molar-refractivity contribution in [3.8, 4) is 6.07 Å². The zero-order valence-corrected chi connectivity index (χ0v) is 9.30. The Labute approximate surface area is 99.6 Å². The summed E-state index contributed by atoms with van der Waals surface area (Å²) < 4.78 is 4.74. The van der Waals surface area contributed by atoms with Crippen LogP contribution in [0, 0.1) is 17.9 Å². The normalized spacial score (nSPS) is 10.2. The molecular weight excluding hydrogens is 216 g/mol. The first kappa shape index (κ1) is 12.5. The summed E-state index contributed by atoms with van der Waals surface area (Å²) >= 11 is 0. The van der Waals surface area contributed by atoms with Gasteiger partial charge in [0.2, 0.25) is 0 Å². The van der Waals surface area contributed by atoms with Gasteiger partial charge in [-0.2, -0.15) is 5.26 Å². The lowest BCUT2D eigenvalue weighted by Gasteiger charge is -1.99. The fourth-order valence-corrected chi connectivity index (χ4v) is 1.15. The second-order valence-corrected chi connectivity index (χ2v) is 3.10. The van der Waals surface area contributed by atoms with Crippen molar-refractivity contribution in [3.63, 3.8) is 0 Å². The highest BCUT2D eigenvalue weighted by atomic mass is 16.5. The minimum absolute atomic E-state index is 0.0726. The molecule has 17 heavy (non-hydrogen) atoms. The second-order valence-electron chi connectivity index (χ2n) is 3.10. The molecule has 84 valence electrons. The van der Waals surface area contributed by atoms with E-state index >= 15 is 0 Å². The van der Waals surface area contributed by atoms with Crippen LogP contribution in [0.15, 0.2) is 30.0 Å². The van der Waals surface area contributed by atoms with Gasteiger partial charge in [0.15, 0.2) is 0 Å². The molecule has 0 N–H and O–H groups in total. The first-order valence-corrected chi connectivity index (χ1v) is 4.97. The molecule has 0 heterocycles. The molecule has 4 nitrogen and oxygen atoms in total. The molecule has 0 bridgehead atoms. The third-order valence-corrected chi connectivity index (χ3v) is 1.95. The maximum absolute atomic E-state index is 11.3. The molecule has 4 heteroatoms. The molecular formula is C13H10N2O2. The number of nitrogens with zero attached hydrogens (tertiary/aromatic N) is 2. The molecule has 0 aliphatic heterocycles. The van der Waals surface area contributed by atoms with Gasteiger partial charge in [-0.15, -0.1) is 0 Å². The van der Waals surface area contributed by atoms with E-state index in [1.807, 2.05) is 6.07 Å². The number of benzene rings is 1. The predicted octanol–water partition coefficient (Wildman–Crippen LogP) is 2.38. The van der Waals surface area contributed by atoms with E-state index in [1.54, 1.807) is 31.2 Å². The van der Waals surface area contributed by atoms with Crippen molar-refractivity contribution in [2.75, 3.05) is 6.61 Å². The molecule has 0 saturated carbocycles.